The van der Waals surface area contributed by atoms with Crippen molar-refractivity contribution in [2.75, 3.05) is 18.0 Å². The minimum atomic E-state index is -0.396. The number of nitrogens with two attached hydrogens (primary N) is 1. The number of nitrogens with zero attached hydrogens (tertiary/aromatic N) is 2. The van der Waals surface area contributed by atoms with Crippen LogP contribution < -0.4 is 10.6 Å². The van der Waals surface area contributed by atoms with Gasteiger partial charge in [-0.05, 0) is 25.5 Å². The van der Waals surface area contributed by atoms with Crippen LogP contribution in [0.1, 0.15) is 18.4 Å². The molecule has 0 radical (unpaired) electrons. The zero-order chi connectivity index (χ0) is 13.1. The molecule has 1 aromatic carbocycles. The van der Waals surface area contributed by atoms with Crippen LogP contribution in [0.25, 0.3) is 0 Å². The molecule has 1 aromatic rings. The quantitative estimate of drug-likeness (QED) is 0.641. The largest absolute Gasteiger partial charge is 0.330 e. The number of hydrogen-bond donors (Lipinski definition) is 1. The Morgan fingerprint density at radius 2 is 2.28 bits per heavy atom. The van der Waals surface area contributed by atoms with Gasteiger partial charge in [-0.15, -0.1) is 0 Å². The zero-order valence-electron chi connectivity index (χ0n) is 9.96. The van der Waals surface area contributed by atoms with E-state index < -0.39 is 4.92 Å². The molecular weight excluding hydrogens is 234 g/mol. The summed E-state index contributed by atoms with van der Waals surface area (Å²) in [6.45, 7) is 0.991. The minimum absolute atomic E-state index is 0.0142. The molecule has 0 fully saturated rings. The van der Waals surface area contributed by atoms with Crippen molar-refractivity contribution in [2.24, 2.45) is 5.73 Å². The van der Waals surface area contributed by atoms with Crippen LogP contribution in [0.5, 0.6) is 0 Å². The van der Waals surface area contributed by atoms with Crippen molar-refractivity contribution < 1.29 is 9.72 Å². The molecule has 0 bridgehead atoms. The van der Waals surface area contributed by atoms with Gasteiger partial charge in [0.2, 0.25) is 5.91 Å². The number of carbonyl (C=O) groups is 1. The summed E-state index contributed by atoms with van der Waals surface area (Å²) in [5, 5.41) is 10.9. The molecule has 0 aromatic heterocycles. The predicted octanol–water partition coefficient (Wildman–Crippen LogP) is 1.22. The molecule has 2 rings (SSSR count). The first kappa shape index (κ1) is 12.5. The van der Waals surface area contributed by atoms with Gasteiger partial charge in [-0.2, -0.15) is 0 Å². The lowest BCUT2D eigenvalue weighted by atomic mass is 10.1. The number of hydrogen-bond acceptors (Lipinski definition) is 4. The lowest BCUT2D eigenvalue weighted by molar-refractivity contribution is -0.385. The van der Waals surface area contributed by atoms with Gasteiger partial charge in [0.05, 0.1) is 16.2 Å². The van der Waals surface area contributed by atoms with E-state index in [9.17, 15) is 14.9 Å². The molecule has 6 nitrogen and oxygen atoms in total. The second kappa shape index (κ2) is 5.14. The van der Waals surface area contributed by atoms with Gasteiger partial charge in [-0.25, -0.2) is 0 Å². The lowest BCUT2D eigenvalue weighted by Gasteiger charge is -2.16. The Kier molecular flexibility index (Phi) is 3.57. The first-order valence-corrected chi connectivity index (χ1v) is 5.92. The van der Waals surface area contributed by atoms with Crippen molar-refractivity contribution in [1.82, 2.24) is 0 Å². The van der Waals surface area contributed by atoms with E-state index in [0.29, 0.717) is 43.6 Å². The van der Waals surface area contributed by atoms with Gasteiger partial charge in [0.1, 0.15) is 0 Å². The van der Waals surface area contributed by atoms with E-state index >= 15 is 0 Å². The van der Waals surface area contributed by atoms with Crippen LogP contribution in [0.3, 0.4) is 0 Å². The Morgan fingerprint density at radius 1 is 1.50 bits per heavy atom. The van der Waals surface area contributed by atoms with Crippen LogP contribution in [0.4, 0.5) is 11.4 Å². The molecular formula is C12H15N3O3. The summed E-state index contributed by atoms with van der Waals surface area (Å²) in [6.07, 6.45) is 1.57. The van der Waals surface area contributed by atoms with Crippen molar-refractivity contribution in [2.45, 2.75) is 19.3 Å². The summed E-state index contributed by atoms with van der Waals surface area (Å²) in [6, 6.07) is 4.86. The van der Waals surface area contributed by atoms with Crippen LogP contribution in [0.15, 0.2) is 18.2 Å². The Morgan fingerprint density at radius 3 is 2.94 bits per heavy atom. The Balaban J connectivity index is 2.26. The van der Waals surface area contributed by atoms with Crippen LogP contribution in [0.2, 0.25) is 0 Å². The topological polar surface area (TPSA) is 89.5 Å². The van der Waals surface area contributed by atoms with Crippen molar-refractivity contribution in [3.63, 3.8) is 0 Å². The van der Waals surface area contributed by atoms with E-state index in [-0.39, 0.29) is 11.6 Å². The molecule has 1 amide bonds. The fourth-order valence-corrected chi connectivity index (χ4v) is 2.23. The van der Waals surface area contributed by atoms with Crippen LogP contribution in [-0.2, 0) is 11.2 Å². The Bertz CT molecular complexity index is 487. The number of anilines is 1. The molecule has 96 valence electrons. The second-order valence-electron chi connectivity index (χ2n) is 4.22. The molecule has 0 saturated carbocycles. The predicted molar refractivity (Wildman–Crippen MR) is 67.4 cm³/mol. The number of nitro groups is 1. The fraction of sp³-hybridized carbons (Fsp3) is 0.417. The second-order valence-corrected chi connectivity index (χ2v) is 4.22. The van der Waals surface area contributed by atoms with Crippen molar-refractivity contribution in [1.29, 1.82) is 0 Å². The Hall–Kier alpha value is -1.95. The number of amides is 1. The number of nitro benzene ring substituents is 1. The number of benzene rings is 1. The monoisotopic (exact) mass is 249 g/mol. The summed E-state index contributed by atoms with van der Waals surface area (Å²) in [5.41, 5.74) is 6.80. The number of fused-ring (bicyclic) bond motifs is 1. The van der Waals surface area contributed by atoms with E-state index in [1.54, 1.807) is 17.0 Å². The third-order valence-electron chi connectivity index (χ3n) is 3.10. The maximum atomic E-state index is 11.9. The number of rotatable bonds is 4. The van der Waals surface area contributed by atoms with E-state index in [4.69, 9.17) is 5.73 Å². The fourth-order valence-electron chi connectivity index (χ4n) is 2.23. The highest BCUT2D eigenvalue weighted by Gasteiger charge is 2.29. The van der Waals surface area contributed by atoms with E-state index in [1.807, 2.05) is 0 Å². The summed E-state index contributed by atoms with van der Waals surface area (Å²) in [7, 11) is 0. The highest BCUT2D eigenvalue weighted by atomic mass is 16.6. The molecule has 1 heterocycles. The molecule has 1 aliphatic rings. The van der Waals surface area contributed by atoms with Gasteiger partial charge < -0.3 is 10.6 Å². The van der Waals surface area contributed by atoms with Crippen LogP contribution >= 0.6 is 0 Å². The first-order chi connectivity index (χ1) is 8.65. The molecule has 0 saturated heterocycles. The Labute approximate surface area is 105 Å². The molecule has 0 atom stereocenters. The van der Waals surface area contributed by atoms with Crippen LogP contribution in [-0.4, -0.2) is 23.9 Å². The molecule has 6 heteroatoms. The van der Waals surface area contributed by atoms with Crippen molar-refractivity contribution >= 4 is 17.3 Å². The van der Waals surface area contributed by atoms with E-state index in [0.717, 1.165) is 0 Å². The van der Waals surface area contributed by atoms with E-state index in [2.05, 4.69) is 0 Å². The maximum Gasteiger partial charge on any atom is 0.274 e. The van der Waals surface area contributed by atoms with Gasteiger partial charge in [0.15, 0.2) is 0 Å². The smallest absolute Gasteiger partial charge is 0.274 e. The molecule has 2 N–H and O–H groups in total. The third-order valence-corrected chi connectivity index (χ3v) is 3.10. The normalized spacial score (nSPS) is 13.5. The van der Waals surface area contributed by atoms with Gasteiger partial charge in [-0.3, -0.25) is 14.9 Å². The summed E-state index contributed by atoms with van der Waals surface area (Å²) in [5.74, 6) is -0.0142. The van der Waals surface area contributed by atoms with Gasteiger partial charge >= 0.3 is 0 Å². The average Bonchev–Trinajstić information content (AvgIpc) is 2.79. The summed E-state index contributed by atoms with van der Waals surface area (Å²) in [4.78, 5) is 24.1. The van der Waals surface area contributed by atoms with Crippen molar-refractivity contribution in [3.05, 3.63) is 33.9 Å². The van der Waals surface area contributed by atoms with Gasteiger partial charge in [-0.1, -0.05) is 6.07 Å². The zero-order valence-corrected chi connectivity index (χ0v) is 9.96. The maximum absolute atomic E-state index is 11.9. The number of carbonyl (C=O) groups excluding carboxylic acids is 1. The van der Waals surface area contributed by atoms with Crippen molar-refractivity contribution in [3.8, 4) is 0 Å². The summed E-state index contributed by atoms with van der Waals surface area (Å²) >= 11 is 0. The first-order valence-electron chi connectivity index (χ1n) is 5.92. The minimum Gasteiger partial charge on any atom is -0.330 e. The van der Waals surface area contributed by atoms with Gasteiger partial charge in [0.25, 0.3) is 5.69 Å². The third kappa shape index (κ3) is 2.19. The molecule has 18 heavy (non-hydrogen) atoms. The standard InChI is InChI=1S/C12H15N3O3/c13-7-2-5-12(16)14-8-6-9-10(14)3-1-4-11(9)15(17)18/h1,3-4H,2,5-8,13H2. The molecule has 1 aliphatic heterocycles. The molecule has 0 spiro atoms. The molecule has 0 aliphatic carbocycles. The highest BCUT2D eigenvalue weighted by molar-refractivity contribution is 5.96. The van der Waals surface area contributed by atoms with E-state index in [1.165, 1.54) is 6.07 Å². The SMILES string of the molecule is NCCCC(=O)N1CCc2c1cccc2[N+](=O)[O-]. The molecule has 0 unspecified atom stereocenters. The summed E-state index contributed by atoms with van der Waals surface area (Å²) < 4.78 is 0. The lowest BCUT2D eigenvalue weighted by Crippen LogP contribution is -2.29. The van der Waals surface area contributed by atoms with Crippen LogP contribution in [0, 0.1) is 10.1 Å². The van der Waals surface area contributed by atoms with Gasteiger partial charge in [0, 0.05) is 19.0 Å². The average molecular weight is 249 g/mol. The highest BCUT2D eigenvalue weighted by Crippen LogP contribution is 2.35.